The fourth-order valence-corrected chi connectivity index (χ4v) is 4.18. The molecule has 0 bridgehead atoms. The molecule has 0 unspecified atom stereocenters. The summed E-state index contributed by atoms with van der Waals surface area (Å²) in [4.78, 5) is 2.09. The van der Waals surface area contributed by atoms with Crippen LogP contribution in [0.4, 0.5) is 5.69 Å². The number of anilines is 1. The molecule has 6 heteroatoms. The minimum Gasteiger partial charge on any atom is -0.378 e. The highest BCUT2D eigenvalue weighted by Gasteiger charge is 2.32. The second kappa shape index (κ2) is 9.50. The molecule has 1 aliphatic heterocycles. The number of thiocarbonyl (C=S) groups is 1. The molecule has 3 aromatic carbocycles. The summed E-state index contributed by atoms with van der Waals surface area (Å²) in [7, 11) is 4.08. The Kier molecular flexibility index (Phi) is 6.54. The molecular formula is C25H25ClN4S. The number of hydrogen-bond acceptors (Lipinski definition) is 3. The van der Waals surface area contributed by atoms with Gasteiger partial charge in [-0.05, 0) is 47.1 Å². The number of nitrogens with zero attached hydrogens (tertiary/aromatic N) is 3. The van der Waals surface area contributed by atoms with E-state index in [1.807, 2.05) is 55.5 Å². The number of halogens is 1. The standard InChI is InChI=1S/C25H25ClN4S/c1-29(2)20-12-8-11-19(15-20)23-16-24(21-13-6-7-14-22(21)26)30(28-23)25(31)27-17-18-9-4-3-5-10-18/h3-15,24H,16-17H2,1-2H3,(H,27,31)/t24-/m0/s1. The summed E-state index contributed by atoms with van der Waals surface area (Å²) in [5.41, 5.74) is 5.42. The number of rotatable bonds is 5. The lowest BCUT2D eigenvalue weighted by Gasteiger charge is -2.25. The van der Waals surface area contributed by atoms with Crippen molar-refractivity contribution in [2.45, 2.75) is 19.0 Å². The molecule has 1 N–H and O–H groups in total. The van der Waals surface area contributed by atoms with Crippen LogP contribution >= 0.6 is 23.8 Å². The lowest BCUT2D eigenvalue weighted by atomic mass is 9.98. The lowest BCUT2D eigenvalue weighted by Crippen LogP contribution is -2.36. The first-order chi connectivity index (χ1) is 15.0. The summed E-state index contributed by atoms with van der Waals surface area (Å²) in [5, 5.41) is 11.5. The highest BCUT2D eigenvalue weighted by Crippen LogP contribution is 2.36. The van der Waals surface area contributed by atoms with E-state index in [1.54, 1.807) is 0 Å². The van der Waals surface area contributed by atoms with Gasteiger partial charge >= 0.3 is 0 Å². The Morgan fingerprint density at radius 1 is 1.06 bits per heavy atom. The zero-order chi connectivity index (χ0) is 21.8. The van der Waals surface area contributed by atoms with Gasteiger partial charge in [-0.3, -0.25) is 0 Å². The van der Waals surface area contributed by atoms with Gasteiger partial charge in [0.2, 0.25) is 0 Å². The molecule has 0 spiro atoms. The van der Waals surface area contributed by atoms with Crippen molar-refractivity contribution in [1.29, 1.82) is 0 Å². The lowest BCUT2D eigenvalue weighted by molar-refractivity contribution is 0.364. The first-order valence-electron chi connectivity index (χ1n) is 10.2. The Labute approximate surface area is 194 Å². The molecule has 0 aliphatic carbocycles. The van der Waals surface area contributed by atoms with Gasteiger partial charge in [0.15, 0.2) is 5.11 Å². The molecule has 0 amide bonds. The zero-order valence-electron chi connectivity index (χ0n) is 17.6. The van der Waals surface area contributed by atoms with E-state index in [0.717, 1.165) is 34.0 Å². The summed E-state index contributed by atoms with van der Waals surface area (Å²) < 4.78 is 0. The highest BCUT2D eigenvalue weighted by molar-refractivity contribution is 7.80. The predicted octanol–water partition coefficient (Wildman–Crippen LogP) is 5.63. The molecule has 0 radical (unpaired) electrons. The molecule has 31 heavy (non-hydrogen) atoms. The Bertz CT molecular complexity index is 1100. The number of benzene rings is 3. The van der Waals surface area contributed by atoms with Crippen molar-refractivity contribution in [2.75, 3.05) is 19.0 Å². The Balaban J connectivity index is 1.63. The normalized spacial score (nSPS) is 15.5. The van der Waals surface area contributed by atoms with Crippen LogP contribution in [0.1, 0.15) is 29.2 Å². The molecule has 0 aromatic heterocycles. The molecule has 158 valence electrons. The van der Waals surface area contributed by atoms with Crippen LogP contribution in [0.5, 0.6) is 0 Å². The second-order valence-electron chi connectivity index (χ2n) is 7.72. The van der Waals surface area contributed by atoms with Crippen molar-refractivity contribution in [2.24, 2.45) is 5.10 Å². The quantitative estimate of drug-likeness (QED) is 0.512. The van der Waals surface area contributed by atoms with Crippen LogP contribution < -0.4 is 10.2 Å². The molecule has 1 atom stereocenters. The minimum atomic E-state index is -0.0533. The molecular weight excluding hydrogens is 424 g/mol. The summed E-state index contributed by atoms with van der Waals surface area (Å²) in [6.07, 6.45) is 0.730. The van der Waals surface area contributed by atoms with Gasteiger partial charge in [-0.1, -0.05) is 72.3 Å². The Morgan fingerprint density at radius 3 is 2.55 bits per heavy atom. The molecule has 4 nitrogen and oxygen atoms in total. The van der Waals surface area contributed by atoms with E-state index in [1.165, 1.54) is 5.56 Å². The third kappa shape index (κ3) is 4.89. The first kappa shape index (κ1) is 21.3. The SMILES string of the molecule is CN(C)c1cccc(C2=NN(C(=S)NCc3ccccc3)[C@H](c3ccccc3Cl)C2)c1. The number of hydrazone groups is 1. The van der Waals surface area contributed by atoms with Crippen LogP contribution in [0.15, 0.2) is 84.0 Å². The summed E-state index contributed by atoms with van der Waals surface area (Å²) in [5.74, 6) is 0. The average molecular weight is 449 g/mol. The highest BCUT2D eigenvalue weighted by atomic mass is 35.5. The third-order valence-electron chi connectivity index (χ3n) is 5.37. The fraction of sp³-hybridized carbons (Fsp3) is 0.200. The van der Waals surface area contributed by atoms with E-state index in [2.05, 4.69) is 52.7 Å². The van der Waals surface area contributed by atoms with Crippen molar-refractivity contribution in [1.82, 2.24) is 10.3 Å². The van der Waals surface area contributed by atoms with Crippen LogP contribution in [0.25, 0.3) is 0 Å². The number of nitrogens with one attached hydrogen (secondary N) is 1. The van der Waals surface area contributed by atoms with Crippen LogP contribution in [0.2, 0.25) is 5.02 Å². The van der Waals surface area contributed by atoms with E-state index in [9.17, 15) is 0 Å². The van der Waals surface area contributed by atoms with Gasteiger partial charge in [0.25, 0.3) is 0 Å². The molecule has 0 fully saturated rings. The maximum absolute atomic E-state index is 6.56. The maximum Gasteiger partial charge on any atom is 0.190 e. The molecule has 0 saturated heterocycles. The van der Waals surface area contributed by atoms with Crippen LogP contribution in [0.3, 0.4) is 0 Å². The van der Waals surface area contributed by atoms with Gasteiger partial charge in [0, 0.05) is 37.8 Å². The van der Waals surface area contributed by atoms with Gasteiger partial charge < -0.3 is 10.2 Å². The van der Waals surface area contributed by atoms with Gasteiger partial charge in [0.05, 0.1) is 11.8 Å². The minimum absolute atomic E-state index is 0.0533. The molecule has 1 heterocycles. The maximum atomic E-state index is 6.56. The van der Waals surface area contributed by atoms with Crippen molar-refractivity contribution in [3.8, 4) is 0 Å². The largest absolute Gasteiger partial charge is 0.378 e. The fourth-order valence-electron chi connectivity index (χ4n) is 3.68. The van der Waals surface area contributed by atoms with E-state index >= 15 is 0 Å². The third-order valence-corrected chi connectivity index (χ3v) is 6.04. The van der Waals surface area contributed by atoms with Gasteiger partial charge in [0.1, 0.15) is 0 Å². The van der Waals surface area contributed by atoms with Crippen LogP contribution in [-0.4, -0.2) is 29.9 Å². The summed E-state index contributed by atoms with van der Waals surface area (Å²) in [6.45, 7) is 0.645. The second-order valence-corrected chi connectivity index (χ2v) is 8.52. The summed E-state index contributed by atoms with van der Waals surface area (Å²) >= 11 is 12.3. The molecule has 3 aromatic rings. The molecule has 4 rings (SSSR count). The smallest absolute Gasteiger partial charge is 0.190 e. The zero-order valence-corrected chi connectivity index (χ0v) is 19.2. The average Bonchev–Trinajstić information content (AvgIpc) is 3.24. The van der Waals surface area contributed by atoms with E-state index < -0.39 is 0 Å². The Morgan fingerprint density at radius 2 is 1.81 bits per heavy atom. The van der Waals surface area contributed by atoms with Crippen molar-refractivity contribution >= 4 is 40.3 Å². The predicted molar refractivity (Wildman–Crippen MR) is 134 cm³/mol. The monoisotopic (exact) mass is 448 g/mol. The summed E-state index contributed by atoms with van der Waals surface area (Å²) in [6, 6.07) is 26.5. The van der Waals surface area contributed by atoms with Gasteiger partial charge in [-0.2, -0.15) is 5.10 Å². The molecule has 1 aliphatic rings. The van der Waals surface area contributed by atoms with E-state index in [-0.39, 0.29) is 6.04 Å². The number of hydrogen-bond donors (Lipinski definition) is 1. The van der Waals surface area contributed by atoms with Crippen molar-refractivity contribution in [3.05, 3.63) is 101 Å². The van der Waals surface area contributed by atoms with Gasteiger partial charge in [-0.25, -0.2) is 5.01 Å². The van der Waals surface area contributed by atoms with Crippen molar-refractivity contribution < 1.29 is 0 Å². The van der Waals surface area contributed by atoms with E-state index in [0.29, 0.717) is 11.7 Å². The topological polar surface area (TPSA) is 30.9 Å². The first-order valence-corrected chi connectivity index (χ1v) is 11.0. The van der Waals surface area contributed by atoms with Crippen molar-refractivity contribution in [3.63, 3.8) is 0 Å². The Hall–Kier alpha value is -2.89. The van der Waals surface area contributed by atoms with Crippen LogP contribution in [0, 0.1) is 0 Å². The molecule has 0 saturated carbocycles. The van der Waals surface area contributed by atoms with Crippen LogP contribution in [-0.2, 0) is 6.54 Å². The van der Waals surface area contributed by atoms with E-state index in [4.69, 9.17) is 28.9 Å². The van der Waals surface area contributed by atoms with Gasteiger partial charge in [-0.15, -0.1) is 0 Å².